The number of aliphatic carboxylic acids is 1. The largest absolute Gasteiger partial charge is 0.481 e. The van der Waals surface area contributed by atoms with Gasteiger partial charge in [0.1, 0.15) is 0 Å². The molecule has 2 nitrogen and oxygen atoms in total. The zero-order valence-electron chi connectivity index (χ0n) is 13.1. The molecule has 3 rings (SSSR count). The molecule has 2 aliphatic carbocycles. The SMILES string of the molecule is O=C(O)C1(c2ccc(C3CCCCC3)c(Cl)c2)CCCCC1. The smallest absolute Gasteiger partial charge is 0.314 e. The molecule has 0 bridgehead atoms. The first-order valence-electron chi connectivity index (χ1n) is 8.67. The number of carboxylic acids is 1. The van der Waals surface area contributed by atoms with Crippen LogP contribution in [0.5, 0.6) is 0 Å². The fourth-order valence-corrected chi connectivity index (χ4v) is 4.69. The van der Waals surface area contributed by atoms with Crippen molar-refractivity contribution in [3.8, 4) is 0 Å². The first kappa shape index (κ1) is 15.9. The molecule has 0 heterocycles. The van der Waals surface area contributed by atoms with E-state index < -0.39 is 11.4 Å². The molecule has 2 aliphatic rings. The summed E-state index contributed by atoms with van der Waals surface area (Å²) in [5, 5.41) is 10.6. The predicted molar refractivity (Wildman–Crippen MR) is 89.7 cm³/mol. The Kier molecular flexibility index (Phi) is 4.77. The summed E-state index contributed by atoms with van der Waals surface area (Å²) in [7, 11) is 0. The molecular weight excluding hydrogens is 296 g/mol. The number of benzene rings is 1. The van der Waals surface area contributed by atoms with E-state index in [0.29, 0.717) is 5.92 Å². The average molecular weight is 321 g/mol. The lowest BCUT2D eigenvalue weighted by molar-refractivity contribution is -0.145. The fraction of sp³-hybridized carbons (Fsp3) is 0.632. The van der Waals surface area contributed by atoms with Crippen LogP contribution in [-0.4, -0.2) is 11.1 Å². The summed E-state index contributed by atoms with van der Waals surface area (Å²) in [6.45, 7) is 0. The van der Waals surface area contributed by atoms with Crippen LogP contribution in [0.25, 0.3) is 0 Å². The number of carboxylic acid groups (broad SMARTS) is 1. The number of halogens is 1. The van der Waals surface area contributed by atoms with Crippen molar-refractivity contribution in [3.05, 3.63) is 34.3 Å². The molecule has 0 aliphatic heterocycles. The molecule has 0 aromatic heterocycles. The molecule has 0 unspecified atom stereocenters. The van der Waals surface area contributed by atoms with E-state index in [1.54, 1.807) is 0 Å². The van der Waals surface area contributed by atoms with E-state index in [-0.39, 0.29) is 0 Å². The van der Waals surface area contributed by atoms with Crippen LogP contribution in [-0.2, 0) is 10.2 Å². The predicted octanol–water partition coefficient (Wildman–Crippen LogP) is 5.67. The van der Waals surface area contributed by atoms with Gasteiger partial charge in [0, 0.05) is 5.02 Å². The van der Waals surface area contributed by atoms with E-state index in [0.717, 1.165) is 42.7 Å². The van der Waals surface area contributed by atoms with Gasteiger partial charge in [0.2, 0.25) is 0 Å². The third-order valence-corrected chi connectivity index (χ3v) is 6.04. The van der Waals surface area contributed by atoms with Gasteiger partial charge in [-0.25, -0.2) is 0 Å². The van der Waals surface area contributed by atoms with E-state index in [1.807, 2.05) is 12.1 Å². The molecule has 0 radical (unpaired) electrons. The molecule has 1 aromatic carbocycles. The zero-order chi connectivity index (χ0) is 15.6. The molecule has 1 N–H and O–H groups in total. The molecule has 0 amide bonds. The van der Waals surface area contributed by atoms with Crippen molar-refractivity contribution in [2.75, 3.05) is 0 Å². The van der Waals surface area contributed by atoms with Crippen molar-refractivity contribution in [1.82, 2.24) is 0 Å². The molecule has 2 fully saturated rings. The number of carbonyl (C=O) groups is 1. The number of rotatable bonds is 3. The van der Waals surface area contributed by atoms with Crippen molar-refractivity contribution in [3.63, 3.8) is 0 Å². The quantitative estimate of drug-likeness (QED) is 0.778. The van der Waals surface area contributed by atoms with Crippen molar-refractivity contribution in [1.29, 1.82) is 0 Å². The van der Waals surface area contributed by atoms with Gasteiger partial charge in [0.15, 0.2) is 0 Å². The third-order valence-electron chi connectivity index (χ3n) is 5.71. The Morgan fingerprint density at radius 3 is 2.27 bits per heavy atom. The first-order valence-corrected chi connectivity index (χ1v) is 9.04. The maximum Gasteiger partial charge on any atom is 0.314 e. The van der Waals surface area contributed by atoms with Gasteiger partial charge in [-0.3, -0.25) is 4.79 Å². The van der Waals surface area contributed by atoms with Crippen molar-refractivity contribution < 1.29 is 9.90 Å². The number of hydrogen-bond acceptors (Lipinski definition) is 1. The Hall–Kier alpha value is -1.02. The van der Waals surface area contributed by atoms with Gasteiger partial charge >= 0.3 is 5.97 Å². The maximum absolute atomic E-state index is 11.9. The monoisotopic (exact) mass is 320 g/mol. The highest BCUT2D eigenvalue weighted by atomic mass is 35.5. The lowest BCUT2D eigenvalue weighted by Crippen LogP contribution is -2.37. The van der Waals surface area contributed by atoms with Crippen LogP contribution in [0.4, 0.5) is 0 Å². The van der Waals surface area contributed by atoms with Crippen LogP contribution in [0, 0.1) is 0 Å². The van der Waals surface area contributed by atoms with Crippen LogP contribution in [0.2, 0.25) is 5.02 Å². The summed E-state index contributed by atoms with van der Waals surface area (Å²) in [6, 6.07) is 6.09. The average Bonchev–Trinajstić information content (AvgIpc) is 2.56. The summed E-state index contributed by atoms with van der Waals surface area (Å²) in [4.78, 5) is 11.9. The van der Waals surface area contributed by atoms with E-state index in [1.165, 1.54) is 37.7 Å². The molecule has 22 heavy (non-hydrogen) atoms. The van der Waals surface area contributed by atoms with Gasteiger partial charge in [0.25, 0.3) is 0 Å². The lowest BCUT2D eigenvalue weighted by atomic mass is 9.69. The second-order valence-electron chi connectivity index (χ2n) is 7.02. The van der Waals surface area contributed by atoms with Crippen LogP contribution in [0.1, 0.15) is 81.3 Å². The molecule has 0 spiro atoms. The van der Waals surface area contributed by atoms with E-state index >= 15 is 0 Å². The minimum atomic E-state index is -0.715. The second kappa shape index (κ2) is 6.62. The minimum absolute atomic E-state index is 0.558. The molecular formula is C19H25ClO2. The first-order chi connectivity index (χ1) is 10.6. The Balaban J connectivity index is 1.91. The van der Waals surface area contributed by atoms with E-state index in [9.17, 15) is 9.90 Å². The molecule has 0 atom stereocenters. The van der Waals surface area contributed by atoms with Gasteiger partial charge in [-0.2, -0.15) is 0 Å². The van der Waals surface area contributed by atoms with Crippen molar-refractivity contribution >= 4 is 17.6 Å². The van der Waals surface area contributed by atoms with E-state index in [2.05, 4.69) is 6.07 Å². The molecule has 1 aromatic rings. The van der Waals surface area contributed by atoms with E-state index in [4.69, 9.17) is 11.6 Å². The maximum atomic E-state index is 11.9. The van der Waals surface area contributed by atoms with Crippen LogP contribution in [0.15, 0.2) is 18.2 Å². The number of hydrogen-bond donors (Lipinski definition) is 1. The highest BCUT2D eigenvalue weighted by molar-refractivity contribution is 6.31. The zero-order valence-corrected chi connectivity index (χ0v) is 13.9. The van der Waals surface area contributed by atoms with Gasteiger partial charge in [-0.05, 0) is 48.8 Å². The summed E-state index contributed by atoms with van der Waals surface area (Å²) in [6.07, 6.45) is 10.9. The summed E-state index contributed by atoms with van der Waals surface area (Å²) in [5.74, 6) is -0.129. The summed E-state index contributed by atoms with van der Waals surface area (Å²) < 4.78 is 0. The summed E-state index contributed by atoms with van der Waals surface area (Å²) >= 11 is 6.56. The standard InChI is InChI=1S/C19H25ClO2/c20-17-13-15(19(18(21)22)11-5-2-6-12-19)9-10-16(17)14-7-3-1-4-8-14/h9-10,13-14H,1-8,11-12H2,(H,21,22). The minimum Gasteiger partial charge on any atom is -0.481 e. The normalized spacial score (nSPS) is 22.4. The molecule has 3 heteroatoms. The molecule has 0 saturated heterocycles. The van der Waals surface area contributed by atoms with Gasteiger partial charge in [-0.1, -0.05) is 62.3 Å². The summed E-state index contributed by atoms with van der Waals surface area (Å²) in [5.41, 5.74) is 1.42. The van der Waals surface area contributed by atoms with Crippen LogP contribution >= 0.6 is 11.6 Å². The van der Waals surface area contributed by atoms with Gasteiger partial charge in [0.05, 0.1) is 5.41 Å². The van der Waals surface area contributed by atoms with Gasteiger partial charge < -0.3 is 5.11 Å². The Morgan fingerprint density at radius 2 is 1.68 bits per heavy atom. The highest BCUT2D eigenvalue weighted by Gasteiger charge is 2.41. The highest BCUT2D eigenvalue weighted by Crippen LogP contribution is 2.43. The second-order valence-corrected chi connectivity index (χ2v) is 7.43. The lowest BCUT2D eigenvalue weighted by Gasteiger charge is -2.34. The van der Waals surface area contributed by atoms with Gasteiger partial charge in [-0.15, -0.1) is 0 Å². The fourth-order valence-electron chi connectivity index (χ4n) is 4.35. The van der Waals surface area contributed by atoms with Crippen LogP contribution in [0.3, 0.4) is 0 Å². The Labute approximate surface area is 137 Å². The van der Waals surface area contributed by atoms with Crippen molar-refractivity contribution in [2.24, 2.45) is 0 Å². The topological polar surface area (TPSA) is 37.3 Å². The van der Waals surface area contributed by atoms with Crippen LogP contribution < -0.4 is 0 Å². The molecule has 2 saturated carbocycles. The Bertz CT molecular complexity index is 540. The Morgan fingerprint density at radius 1 is 1.05 bits per heavy atom. The molecule has 120 valence electrons. The van der Waals surface area contributed by atoms with Crippen molar-refractivity contribution in [2.45, 2.75) is 75.5 Å². The third kappa shape index (κ3) is 2.90.